The summed E-state index contributed by atoms with van der Waals surface area (Å²) in [7, 11) is 0. The van der Waals surface area contributed by atoms with Crippen LogP contribution >= 0.6 is 11.3 Å². The molecule has 1 N–H and O–H groups in total. The van der Waals surface area contributed by atoms with Crippen molar-refractivity contribution in [2.45, 2.75) is 51.0 Å². The van der Waals surface area contributed by atoms with Crippen LogP contribution in [0.3, 0.4) is 0 Å². The van der Waals surface area contributed by atoms with Crippen LogP contribution in [0.25, 0.3) is 0 Å². The molecule has 0 spiro atoms. The number of nitrogens with one attached hydrogen (secondary N) is 1. The Morgan fingerprint density at radius 1 is 1.13 bits per heavy atom. The highest BCUT2D eigenvalue weighted by molar-refractivity contribution is 7.12. The Morgan fingerprint density at radius 3 is 2.87 bits per heavy atom. The molecule has 2 heterocycles. The fourth-order valence-electron chi connectivity index (χ4n) is 2.78. The van der Waals surface area contributed by atoms with Crippen LogP contribution in [0.5, 0.6) is 0 Å². The molecule has 2 aliphatic rings. The average Bonchev–Trinajstić information content (AvgIpc) is 2.74. The number of aryl methyl sites for hydroxylation is 2. The second kappa shape index (κ2) is 4.26. The van der Waals surface area contributed by atoms with Crippen molar-refractivity contribution >= 4 is 11.3 Å². The first kappa shape index (κ1) is 9.86. The number of fused-ring (bicyclic) bond motifs is 1. The first-order chi connectivity index (χ1) is 7.43. The molecule has 1 atom stereocenters. The Kier molecular flexibility index (Phi) is 2.80. The quantitative estimate of drug-likeness (QED) is 0.766. The maximum atomic E-state index is 3.65. The zero-order chi connectivity index (χ0) is 10.1. The van der Waals surface area contributed by atoms with Crippen LogP contribution in [-0.4, -0.2) is 6.54 Å². The molecule has 0 amide bonds. The van der Waals surface area contributed by atoms with Crippen molar-refractivity contribution in [2.24, 2.45) is 0 Å². The van der Waals surface area contributed by atoms with Crippen LogP contribution in [0.1, 0.15) is 53.5 Å². The Morgan fingerprint density at radius 2 is 2.07 bits per heavy atom. The van der Waals surface area contributed by atoms with E-state index >= 15 is 0 Å². The van der Waals surface area contributed by atoms with E-state index in [1.165, 1.54) is 51.5 Å². The summed E-state index contributed by atoms with van der Waals surface area (Å²) in [5.74, 6) is 0. The zero-order valence-electron chi connectivity index (χ0n) is 9.22. The maximum absolute atomic E-state index is 3.65. The molecular formula is C13H19NS. The van der Waals surface area contributed by atoms with Crippen LogP contribution in [0.2, 0.25) is 0 Å². The van der Waals surface area contributed by atoms with Gasteiger partial charge in [-0.05, 0) is 56.7 Å². The van der Waals surface area contributed by atoms with E-state index in [4.69, 9.17) is 0 Å². The number of hydrogen-bond donors (Lipinski definition) is 1. The molecule has 1 aromatic rings. The van der Waals surface area contributed by atoms with Gasteiger partial charge in [0.05, 0.1) is 0 Å². The topological polar surface area (TPSA) is 12.0 Å². The minimum atomic E-state index is 0.675. The Hall–Kier alpha value is -0.340. The van der Waals surface area contributed by atoms with Gasteiger partial charge in [0.1, 0.15) is 0 Å². The lowest BCUT2D eigenvalue weighted by Gasteiger charge is -2.22. The summed E-state index contributed by atoms with van der Waals surface area (Å²) < 4.78 is 0. The molecule has 0 bridgehead atoms. The molecule has 1 aliphatic heterocycles. The van der Waals surface area contributed by atoms with Gasteiger partial charge in [0.25, 0.3) is 0 Å². The van der Waals surface area contributed by atoms with Crippen molar-refractivity contribution in [1.82, 2.24) is 5.32 Å². The fourth-order valence-corrected chi connectivity index (χ4v) is 4.15. The lowest BCUT2D eigenvalue weighted by molar-refractivity contribution is 0.417. The molecule has 1 saturated heterocycles. The van der Waals surface area contributed by atoms with Gasteiger partial charge in [-0.25, -0.2) is 0 Å². The van der Waals surface area contributed by atoms with E-state index in [1.807, 2.05) is 0 Å². The third-order valence-corrected chi connectivity index (χ3v) is 5.02. The lowest BCUT2D eigenvalue weighted by Crippen LogP contribution is -2.25. The first-order valence-electron chi connectivity index (χ1n) is 6.28. The third-order valence-electron chi connectivity index (χ3n) is 3.67. The van der Waals surface area contributed by atoms with Crippen molar-refractivity contribution in [1.29, 1.82) is 0 Å². The number of hydrogen-bond acceptors (Lipinski definition) is 2. The smallest absolute Gasteiger partial charge is 0.0415 e. The van der Waals surface area contributed by atoms with E-state index in [2.05, 4.69) is 22.7 Å². The van der Waals surface area contributed by atoms with Gasteiger partial charge in [0, 0.05) is 15.8 Å². The molecular weight excluding hydrogens is 202 g/mol. The molecule has 15 heavy (non-hydrogen) atoms. The summed E-state index contributed by atoms with van der Waals surface area (Å²) in [6.07, 6.45) is 9.60. The van der Waals surface area contributed by atoms with Gasteiger partial charge in [-0.15, -0.1) is 11.3 Å². The van der Waals surface area contributed by atoms with E-state index in [-0.39, 0.29) is 0 Å². The van der Waals surface area contributed by atoms with Gasteiger partial charge >= 0.3 is 0 Å². The highest BCUT2D eigenvalue weighted by Crippen LogP contribution is 2.35. The summed E-state index contributed by atoms with van der Waals surface area (Å²) in [5.41, 5.74) is 1.66. The summed E-state index contributed by atoms with van der Waals surface area (Å²) in [4.78, 5) is 3.30. The van der Waals surface area contributed by atoms with Crippen LogP contribution in [-0.2, 0) is 12.8 Å². The predicted molar refractivity (Wildman–Crippen MR) is 65.6 cm³/mol. The minimum absolute atomic E-state index is 0.675. The molecule has 0 radical (unpaired) electrons. The monoisotopic (exact) mass is 221 g/mol. The summed E-state index contributed by atoms with van der Waals surface area (Å²) in [6.45, 7) is 1.22. The van der Waals surface area contributed by atoms with E-state index in [1.54, 1.807) is 15.3 Å². The second-order valence-corrected chi connectivity index (χ2v) is 5.98. The van der Waals surface area contributed by atoms with Crippen LogP contribution in [0, 0.1) is 0 Å². The number of thiophene rings is 1. The minimum Gasteiger partial charge on any atom is -0.309 e. The molecule has 0 aromatic carbocycles. The number of piperidine rings is 1. The Labute approximate surface area is 95.9 Å². The standard InChI is InChI=1S/C13H19NS/c1-2-7-12-10(5-1)9-13(15-12)11-6-3-4-8-14-11/h9,11,14H,1-8H2. The van der Waals surface area contributed by atoms with Gasteiger partial charge in [-0.3, -0.25) is 0 Å². The van der Waals surface area contributed by atoms with Gasteiger partial charge in [-0.1, -0.05) is 6.42 Å². The number of rotatable bonds is 1. The second-order valence-electron chi connectivity index (χ2n) is 4.81. The molecule has 1 nitrogen and oxygen atoms in total. The molecule has 0 saturated carbocycles. The first-order valence-corrected chi connectivity index (χ1v) is 7.10. The molecule has 3 rings (SSSR count). The van der Waals surface area contributed by atoms with Gasteiger partial charge < -0.3 is 5.32 Å². The van der Waals surface area contributed by atoms with E-state index < -0.39 is 0 Å². The lowest BCUT2D eigenvalue weighted by atomic mass is 9.97. The highest BCUT2D eigenvalue weighted by atomic mass is 32.1. The van der Waals surface area contributed by atoms with Crippen molar-refractivity contribution in [3.8, 4) is 0 Å². The Balaban J connectivity index is 1.82. The summed E-state index contributed by atoms with van der Waals surface area (Å²) in [5, 5.41) is 3.65. The average molecular weight is 221 g/mol. The normalized spacial score (nSPS) is 26.3. The SMILES string of the molecule is c1c(C2CCCCN2)sc2c1CCCC2. The van der Waals surface area contributed by atoms with E-state index in [0.29, 0.717) is 6.04 Å². The van der Waals surface area contributed by atoms with Gasteiger partial charge in [-0.2, -0.15) is 0 Å². The van der Waals surface area contributed by atoms with E-state index in [9.17, 15) is 0 Å². The molecule has 1 aliphatic carbocycles. The molecule has 1 aromatic heterocycles. The van der Waals surface area contributed by atoms with Crippen molar-refractivity contribution in [2.75, 3.05) is 6.54 Å². The van der Waals surface area contributed by atoms with Crippen LogP contribution < -0.4 is 5.32 Å². The van der Waals surface area contributed by atoms with Gasteiger partial charge in [0.15, 0.2) is 0 Å². The third kappa shape index (κ3) is 1.98. The van der Waals surface area contributed by atoms with Crippen molar-refractivity contribution in [3.05, 3.63) is 21.4 Å². The molecule has 2 heteroatoms. The van der Waals surface area contributed by atoms with E-state index in [0.717, 1.165) is 0 Å². The summed E-state index contributed by atoms with van der Waals surface area (Å²) >= 11 is 2.08. The molecule has 1 fully saturated rings. The van der Waals surface area contributed by atoms with Crippen LogP contribution in [0.15, 0.2) is 6.07 Å². The van der Waals surface area contributed by atoms with Gasteiger partial charge in [0.2, 0.25) is 0 Å². The van der Waals surface area contributed by atoms with Crippen LogP contribution in [0.4, 0.5) is 0 Å². The highest BCUT2D eigenvalue weighted by Gasteiger charge is 2.20. The zero-order valence-corrected chi connectivity index (χ0v) is 10.0. The van der Waals surface area contributed by atoms with Crippen molar-refractivity contribution in [3.63, 3.8) is 0 Å². The molecule has 1 unspecified atom stereocenters. The fraction of sp³-hybridized carbons (Fsp3) is 0.692. The molecule has 82 valence electrons. The maximum Gasteiger partial charge on any atom is 0.0415 e. The Bertz CT molecular complexity index is 313. The predicted octanol–water partition coefficient (Wildman–Crippen LogP) is 3.44. The summed E-state index contributed by atoms with van der Waals surface area (Å²) in [6, 6.07) is 3.16. The van der Waals surface area contributed by atoms with Crippen molar-refractivity contribution < 1.29 is 0 Å². The largest absolute Gasteiger partial charge is 0.309 e.